The van der Waals surface area contributed by atoms with Gasteiger partial charge in [-0.1, -0.05) is 75.7 Å². The van der Waals surface area contributed by atoms with Crippen molar-refractivity contribution in [3.8, 4) is 11.3 Å². The Morgan fingerprint density at radius 1 is 0.909 bits per heavy atom. The maximum absolute atomic E-state index is 11.0. The van der Waals surface area contributed by atoms with Crippen LogP contribution in [0.4, 0.5) is 0 Å². The summed E-state index contributed by atoms with van der Waals surface area (Å²) in [5.74, 6) is -1.05. The second kappa shape index (κ2) is 7.00. The second-order valence-electron chi connectivity index (χ2n) is 4.16. The molecular formula is C13H5Cl6NO2. The van der Waals surface area contributed by atoms with E-state index < -0.39 is 5.97 Å². The third-order valence-corrected chi connectivity index (χ3v) is 5.22. The van der Waals surface area contributed by atoms with Crippen molar-refractivity contribution in [3.05, 3.63) is 48.0 Å². The lowest BCUT2D eigenvalue weighted by Crippen LogP contribution is -2.04. The summed E-state index contributed by atoms with van der Waals surface area (Å²) < 4.78 is 0. The molecular weight excluding hydrogens is 415 g/mol. The number of carboxylic acids is 1. The van der Waals surface area contributed by atoms with Crippen molar-refractivity contribution in [1.82, 2.24) is 4.98 Å². The third kappa shape index (κ3) is 3.40. The fourth-order valence-corrected chi connectivity index (χ4v) is 3.26. The molecule has 0 aliphatic carbocycles. The molecule has 0 spiro atoms. The largest absolute Gasteiger partial charge is 0.481 e. The van der Waals surface area contributed by atoms with Crippen molar-refractivity contribution in [2.45, 2.75) is 6.42 Å². The molecule has 0 bridgehead atoms. The first kappa shape index (κ1) is 17.9. The Morgan fingerprint density at radius 2 is 1.41 bits per heavy atom. The van der Waals surface area contributed by atoms with E-state index in [0.29, 0.717) is 5.56 Å². The molecule has 1 aromatic carbocycles. The number of rotatable bonds is 3. The van der Waals surface area contributed by atoms with Gasteiger partial charge in [0, 0.05) is 5.56 Å². The summed E-state index contributed by atoms with van der Waals surface area (Å²) in [6.07, 6.45) is -0.302. The summed E-state index contributed by atoms with van der Waals surface area (Å²) in [5.41, 5.74) is 0.724. The molecule has 1 aromatic heterocycles. The zero-order valence-corrected chi connectivity index (χ0v) is 15.0. The Morgan fingerprint density at radius 3 is 1.91 bits per heavy atom. The van der Waals surface area contributed by atoms with Crippen molar-refractivity contribution >= 4 is 75.6 Å². The van der Waals surface area contributed by atoms with Crippen LogP contribution in [0.2, 0.25) is 30.3 Å². The highest BCUT2D eigenvalue weighted by Crippen LogP contribution is 2.48. The van der Waals surface area contributed by atoms with Crippen LogP contribution in [0.3, 0.4) is 0 Å². The highest BCUT2D eigenvalue weighted by molar-refractivity contribution is 6.56. The number of pyridine rings is 1. The fraction of sp³-hybridized carbons (Fsp3) is 0.0769. The summed E-state index contributed by atoms with van der Waals surface area (Å²) in [6, 6.07) is 2.98. The number of nitrogens with zero attached hydrogens (tertiary/aromatic N) is 1. The van der Waals surface area contributed by atoms with E-state index in [4.69, 9.17) is 74.7 Å². The van der Waals surface area contributed by atoms with E-state index in [1.54, 1.807) is 0 Å². The van der Waals surface area contributed by atoms with E-state index in [2.05, 4.69) is 4.98 Å². The van der Waals surface area contributed by atoms with Gasteiger partial charge in [-0.05, 0) is 11.6 Å². The van der Waals surface area contributed by atoms with Gasteiger partial charge in [0.2, 0.25) is 0 Å². The van der Waals surface area contributed by atoms with Gasteiger partial charge >= 0.3 is 5.97 Å². The summed E-state index contributed by atoms with van der Waals surface area (Å²) in [4.78, 5) is 15.1. The maximum Gasteiger partial charge on any atom is 0.307 e. The predicted octanol–water partition coefficient (Wildman–Crippen LogP) is 6.30. The molecule has 1 heterocycles. The average Bonchev–Trinajstić information content (AvgIpc) is 2.45. The Kier molecular flexibility index (Phi) is 5.70. The van der Waals surface area contributed by atoms with Crippen LogP contribution in [0.15, 0.2) is 12.1 Å². The van der Waals surface area contributed by atoms with Crippen LogP contribution < -0.4 is 0 Å². The second-order valence-corrected chi connectivity index (χ2v) is 6.43. The Balaban J connectivity index is 2.82. The van der Waals surface area contributed by atoms with Crippen molar-refractivity contribution in [1.29, 1.82) is 0 Å². The van der Waals surface area contributed by atoms with Gasteiger partial charge in [-0.25, -0.2) is 4.98 Å². The summed E-state index contributed by atoms with van der Waals surface area (Å²) in [5, 5.41) is 9.17. The SMILES string of the molecule is O=C(O)Cc1ccc(Cl)nc1-c1c(Cl)c(Cl)c(Cl)c(Cl)c1Cl. The van der Waals surface area contributed by atoms with Crippen LogP contribution in [0.25, 0.3) is 11.3 Å². The van der Waals surface area contributed by atoms with E-state index in [-0.39, 0.29) is 47.9 Å². The molecule has 0 amide bonds. The van der Waals surface area contributed by atoms with Crippen LogP contribution in [0.5, 0.6) is 0 Å². The highest BCUT2D eigenvalue weighted by Gasteiger charge is 2.24. The lowest BCUT2D eigenvalue weighted by molar-refractivity contribution is -0.136. The number of carbonyl (C=O) groups is 1. The van der Waals surface area contributed by atoms with Crippen molar-refractivity contribution < 1.29 is 9.90 Å². The summed E-state index contributed by atoms with van der Waals surface area (Å²) in [6.45, 7) is 0. The number of hydrogen-bond acceptors (Lipinski definition) is 2. The topological polar surface area (TPSA) is 50.2 Å². The quantitative estimate of drug-likeness (QED) is 0.361. The van der Waals surface area contributed by atoms with Crippen molar-refractivity contribution in [3.63, 3.8) is 0 Å². The number of aliphatic carboxylic acids is 1. The van der Waals surface area contributed by atoms with Gasteiger partial charge < -0.3 is 5.11 Å². The molecule has 1 N–H and O–H groups in total. The third-order valence-electron chi connectivity index (χ3n) is 2.73. The molecule has 3 nitrogen and oxygen atoms in total. The van der Waals surface area contributed by atoms with Crippen LogP contribution in [0, 0.1) is 0 Å². The number of carboxylic acid groups (broad SMARTS) is 1. The molecule has 0 saturated heterocycles. The van der Waals surface area contributed by atoms with Crippen LogP contribution in [0.1, 0.15) is 5.56 Å². The zero-order chi connectivity index (χ0) is 16.6. The first-order valence-corrected chi connectivity index (χ1v) is 7.89. The van der Waals surface area contributed by atoms with E-state index in [9.17, 15) is 4.79 Å². The highest BCUT2D eigenvalue weighted by atomic mass is 35.5. The van der Waals surface area contributed by atoms with Gasteiger partial charge in [-0.2, -0.15) is 0 Å². The molecule has 2 rings (SSSR count). The Hall–Kier alpha value is -0.420. The van der Waals surface area contributed by atoms with E-state index in [1.165, 1.54) is 12.1 Å². The summed E-state index contributed by atoms with van der Waals surface area (Å²) in [7, 11) is 0. The minimum absolute atomic E-state index is 0.00361. The lowest BCUT2D eigenvalue weighted by atomic mass is 10.0. The average molecular weight is 420 g/mol. The van der Waals surface area contributed by atoms with Gasteiger partial charge in [-0.15, -0.1) is 0 Å². The monoisotopic (exact) mass is 417 g/mol. The standard InChI is InChI=1S/C13H5Cl6NO2/c14-5-2-1-4(3-6(21)22)13(20-5)7-8(15)10(17)12(19)11(18)9(7)16/h1-2H,3H2,(H,21,22). The number of halogens is 6. The predicted molar refractivity (Wildman–Crippen MR) is 91.1 cm³/mol. The van der Waals surface area contributed by atoms with Gasteiger partial charge in [0.25, 0.3) is 0 Å². The molecule has 9 heteroatoms. The number of aromatic nitrogens is 1. The Labute approximate surface area is 155 Å². The van der Waals surface area contributed by atoms with Gasteiger partial charge in [-0.3, -0.25) is 4.79 Å². The van der Waals surface area contributed by atoms with Crippen LogP contribution in [-0.4, -0.2) is 16.1 Å². The maximum atomic E-state index is 11.0. The molecule has 22 heavy (non-hydrogen) atoms. The lowest BCUT2D eigenvalue weighted by Gasteiger charge is -2.14. The molecule has 0 radical (unpaired) electrons. The Bertz CT molecular complexity index is 749. The van der Waals surface area contributed by atoms with Crippen molar-refractivity contribution in [2.75, 3.05) is 0 Å². The molecule has 0 saturated carbocycles. The number of benzene rings is 1. The van der Waals surface area contributed by atoms with E-state index >= 15 is 0 Å². The van der Waals surface area contributed by atoms with Crippen LogP contribution in [-0.2, 0) is 11.2 Å². The normalized spacial score (nSPS) is 10.8. The van der Waals surface area contributed by atoms with Gasteiger partial charge in [0.05, 0.1) is 37.2 Å². The minimum Gasteiger partial charge on any atom is -0.481 e. The van der Waals surface area contributed by atoms with E-state index in [0.717, 1.165) is 0 Å². The first-order chi connectivity index (χ1) is 10.2. The molecule has 0 fully saturated rings. The zero-order valence-electron chi connectivity index (χ0n) is 10.4. The van der Waals surface area contributed by atoms with Crippen molar-refractivity contribution in [2.24, 2.45) is 0 Å². The molecule has 116 valence electrons. The van der Waals surface area contributed by atoms with Gasteiger partial charge in [0.15, 0.2) is 0 Å². The fourth-order valence-electron chi connectivity index (χ4n) is 1.80. The molecule has 0 aliphatic heterocycles. The summed E-state index contributed by atoms with van der Waals surface area (Å²) >= 11 is 36.2. The molecule has 0 unspecified atom stereocenters. The minimum atomic E-state index is -1.05. The molecule has 2 aromatic rings. The van der Waals surface area contributed by atoms with Gasteiger partial charge in [0.1, 0.15) is 5.15 Å². The number of hydrogen-bond donors (Lipinski definition) is 1. The smallest absolute Gasteiger partial charge is 0.307 e. The molecule has 0 aliphatic rings. The first-order valence-electron chi connectivity index (χ1n) is 5.63. The van der Waals surface area contributed by atoms with Crippen LogP contribution >= 0.6 is 69.6 Å². The van der Waals surface area contributed by atoms with E-state index in [1.807, 2.05) is 0 Å². The molecule has 0 atom stereocenters.